The van der Waals surface area contributed by atoms with Gasteiger partial charge < -0.3 is 4.90 Å². The Balaban J connectivity index is 2.90. The van der Waals surface area contributed by atoms with Crippen LogP contribution in [-0.4, -0.2) is 24.0 Å². The molecule has 0 spiro atoms. The second-order valence-electron chi connectivity index (χ2n) is 2.71. The third-order valence-corrected chi connectivity index (χ3v) is 2.10. The summed E-state index contributed by atoms with van der Waals surface area (Å²) in [4.78, 5) is 2.54. The molecular weight excluding hydrogens is 173 g/mol. The van der Waals surface area contributed by atoms with E-state index in [2.05, 4.69) is 0 Å². The van der Waals surface area contributed by atoms with E-state index in [0.717, 1.165) is 10.6 Å². The third-order valence-electron chi connectivity index (χ3n) is 1.50. The average molecular weight is 183 g/mol. The molecule has 64 valence electrons. The zero-order valence-electron chi connectivity index (χ0n) is 7.04. The Morgan fingerprint density at radius 1 is 1.25 bits per heavy atom. The maximum Gasteiger partial charge on any atom is 0.123 e. The van der Waals surface area contributed by atoms with Crippen molar-refractivity contribution in [3.63, 3.8) is 0 Å². The first-order chi connectivity index (χ1) is 5.61. The molecule has 3 heteroatoms. The lowest BCUT2D eigenvalue weighted by molar-refractivity contribution is 0.625. The minimum absolute atomic E-state index is 0.236. The molecule has 0 aliphatic heterocycles. The lowest BCUT2D eigenvalue weighted by atomic mass is 10.2. The molecule has 1 rings (SSSR count). The molecule has 0 aliphatic rings. The Labute approximate surface area is 76.8 Å². The number of hydrogen-bond acceptors (Lipinski definition) is 1. The first-order valence-corrected chi connectivity index (χ1v) is 3.99. The van der Waals surface area contributed by atoms with Crippen molar-refractivity contribution in [2.24, 2.45) is 0 Å². The maximum atomic E-state index is 12.5. The van der Waals surface area contributed by atoms with Gasteiger partial charge in [0.25, 0.3) is 0 Å². The number of halogens is 1. The van der Waals surface area contributed by atoms with E-state index in [0.29, 0.717) is 0 Å². The zero-order valence-corrected chi connectivity index (χ0v) is 7.86. The fourth-order valence-electron chi connectivity index (χ4n) is 0.851. The van der Waals surface area contributed by atoms with Crippen LogP contribution in [0.2, 0.25) is 0 Å². The quantitative estimate of drug-likeness (QED) is 0.613. The molecule has 0 aromatic heterocycles. The van der Waals surface area contributed by atoms with Gasteiger partial charge in [-0.25, -0.2) is 4.39 Å². The Hall–Kier alpha value is -0.960. The van der Waals surface area contributed by atoms with Crippen molar-refractivity contribution in [3.05, 3.63) is 35.6 Å². The highest BCUT2D eigenvalue weighted by atomic mass is 32.1. The van der Waals surface area contributed by atoms with Crippen molar-refractivity contribution in [1.82, 2.24) is 4.90 Å². The van der Waals surface area contributed by atoms with Crippen molar-refractivity contribution in [2.45, 2.75) is 0 Å². The van der Waals surface area contributed by atoms with E-state index in [1.165, 1.54) is 12.1 Å². The highest BCUT2D eigenvalue weighted by Gasteiger charge is 2.01. The summed E-state index contributed by atoms with van der Waals surface area (Å²) in [6, 6.07) is 6.17. The molecule has 1 aromatic carbocycles. The largest absolute Gasteiger partial charge is 0.368 e. The van der Waals surface area contributed by atoms with Crippen LogP contribution in [0.15, 0.2) is 24.3 Å². The summed E-state index contributed by atoms with van der Waals surface area (Å²) in [5, 5.41) is 0. The first kappa shape index (κ1) is 9.13. The molecule has 0 N–H and O–H groups in total. The van der Waals surface area contributed by atoms with Crippen molar-refractivity contribution in [2.75, 3.05) is 14.1 Å². The number of rotatable bonds is 1. The maximum absolute atomic E-state index is 12.5. The molecular formula is C9H10FNS. The fraction of sp³-hybridized carbons (Fsp3) is 0.222. The first-order valence-electron chi connectivity index (χ1n) is 3.58. The number of hydrogen-bond donors (Lipinski definition) is 0. The van der Waals surface area contributed by atoms with Crippen LogP contribution in [0.4, 0.5) is 4.39 Å². The van der Waals surface area contributed by atoms with Crippen LogP contribution < -0.4 is 0 Å². The van der Waals surface area contributed by atoms with Crippen LogP contribution in [-0.2, 0) is 0 Å². The topological polar surface area (TPSA) is 3.24 Å². The zero-order chi connectivity index (χ0) is 9.14. The van der Waals surface area contributed by atoms with E-state index in [1.807, 2.05) is 19.0 Å². The molecule has 0 amide bonds. The van der Waals surface area contributed by atoms with E-state index in [-0.39, 0.29) is 5.82 Å². The molecule has 0 bridgehead atoms. The minimum Gasteiger partial charge on any atom is -0.368 e. The summed E-state index contributed by atoms with van der Waals surface area (Å²) in [7, 11) is 3.73. The molecule has 1 nitrogen and oxygen atoms in total. The van der Waals surface area contributed by atoms with E-state index < -0.39 is 0 Å². The molecule has 0 saturated heterocycles. The summed E-state index contributed by atoms with van der Waals surface area (Å²) < 4.78 is 12.5. The van der Waals surface area contributed by atoms with Gasteiger partial charge in [-0.05, 0) is 24.3 Å². The van der Waals surface area contributed by atoms with Gasteiger partial charge in [0.15, 0.2) is 0 Å². The normalized spacial score (nSPS) is 9.58. The minimum atomic E-state index is -0.236. The average Bonchev–Trinajstić information content (AvgIpc) is 2.04. The van der Waals surface area contributed by atoms with Gasteiger partial charge in [-0.3, -0.25) is 0 Å². The van der Waals surface area contributed by atoms with E-state index in [1.54, 1.807) is 12.1 Å². The monoisotopic (exact) mass is 183 g/mol. The summed E-state index contributed by atoms with van der Waals surface area (Å²) in [5.41, 5.74) is 0.872. The van der Waals surface area contributed by atoms with Gasteiger partial charge in [0.2, 0.25) is 0 Å². The Morgan fingerprint density at radius 3 is 2.17 bits per heavy atom. The van der Waals surface area contributed by atoms with Crippen molar-refractivity contribution in [1.29, 1.82) is 0 Å². The standard InChI is InChI=1S/C9H10FNS/c1-11(2)9(12)7-3-5-8(10)6-4-7/h3-6H,1-2H3. The van der Waals surface area contributed by atoms with Gasteiger partial charge >= 0.3 is 0 Å². The van der Waals surface area contributed by atoms with Crippen molar-refractivity contribution < 1.29 is 4.39 Å². The van der Waals surface area contributed by atoms with Crippen LogP contribution in [0, 0.1) is 5.82 Å². The Morgan fingerprint density at radius 2 is 1.75 bits per heavy atom. The van der Waals surface area contributed by atoms with Crippen LogP contribution >= 0.6 is 12.2 Å². The summed E-state index contributed by atoms with van der Waals surface area (Å²) >= 11 is 5.09. The summed E-state index contributed by atoms with van der Waals surface area (Å²) in [6.07, 6.45) is 0. The molecule has 0 fully saturated rings. The van der Waals surface area contributed by atoms with E-state index in [4.69, 9.17) is 12.2 Å². The van der Waals surface area contributed by atoms with Crippen LogP contribution in [0.3, 0.4) is 0 Å². The summed E-state index contributed by atoms with van der Waals surface area (Å²) in [6.45, 7) is 0. The molecule has 0 heterocycles. The Bertz CT molecular complexity index is 279. The molecule has 12 heavy (non-hydrogen) atoms. The Kier molecular flexibility index (Phi) is 2.76. The number of nitrogens with zero attached hydrogens (tertiary/aromatic N) is 1. The van der Waals surface area contributed by atoms with Gasteiger partial charge in [-0.2, -0.15) is 0 Å². The third kappa shape index (κ3) is 2.01. The highest BCUT2D eigenvalue weighted by molar-refractivity contribution is 7.80. The number of thiocarbonyl (C=S) groups is 1. The van der Waals surface area contributed by atoms with Crippen LogP contribution in [0.5, 0.6) is 0 Å². The summed E-state index contributed by atoms with van der Waals surface area (Å²) in [5.74, 6) is -0.236. The van der Waals surface area contributed by atoms with Crippen LogP contribution in [0.25, 0.3) is 0 Å². The predicted octanol–water partition coefficient (Wildman–Crippen LogP) is 2.06. The molecule has 1 aromatic rings. The molecule has 0 saturated carbocycles. The van der Waals surface area contributed by atoms with Gasteiger partial charge in [0.05, 0.1) is 0 Å². The second-order valence-corrected chi connectivity index (χ2v) is 3.09. The second kappa shape index (κ2) is 3.63. The van der Waals surface area contributed by atoms with Gasteiger partial charge in [-0.1, -0.05) is 12.2 Å². The highest BCUT2D eigenvalue weighted by Crippen LogP contribution is 2.05. The molecule has 0 unspecified atom stereocenters. The number of benzene rings is 1. The van der Waals surface area contributed by atoms with Gasteiger partial charge in [-0.15, -0.1) is 0 Å². The lowest BCUT2D eigenvalue weighted by Gasteiger charge is -2.13. The van der Waals surface area contributed by atoms with Gasteiger partial charge in [0, 0.05) is 19.7 Å². The predicted molar refractivity (Wildman–Crippen MR) is 51.8 cm³/mol. The smallest absolute Gasteiger partial charge is 0.123 e. The SMILES string of the molecule is CN(C)C(=S)c1ccc(F)cc1. The van der Waals surface area contributed by atoms with Gasteiger partial charge in [0.1, 0.15) is 10.8 Å². The molecule has 0 radical (unpaired) electrons. The van der Waals surface area contributed by atoms with Crippen LogP contribution in [0.1, 0.15) is 5.56 Å². The van der Waals surface area contributed by atoms with E-state index in [9.17, 15) is 4.39 Å². The van der Waals surface area contributed by atoms with E-state index >= 15 is 0 Å². The van der Waals surface area contributed by atoms with Crippen molar-refractivity contribution in [3.8, 4) is 0 Å². The lowest BCUT2D eigenvalue weighted by Crippen LogP contribution is -2.20. The molecule has 0 atom stereocenters. The molecule has 0 aliphatic carbocycles. The fourth-order valence-corrected chi connectivity index (χ4v) is 0.987. The van der Waals surface area contributed by atoms with Crippen molar-refractivity contribution >= 4 is 17.2 Å².